The zero-order valence-corrected chi connectivity index (χ0v) is 14.5. The molecule has 2 atom stereocenters. The van der Waals surface area contributed by atoms with Crippen molar-refractivity contribution in [3.05, 3.63) is 33.3 Å². The summed E-state index contributed by atoms with van der Waals surface area (Å²) < 4.78 is 27.4. The van der Waals surface area contributed by atoms with Crippen LogP contribution in [0.25, 0.3) is 0 Å². The van der Waals surface area contributed by atoms with E-state index in [1.807, 2.05) is 0 Å². The highest BCUT2D eigenvalue weighted by Crippen LogP contribution is 2.37. The number of nitrogens with one attached hydrogen (secondary N) is 1. The van der Waals surface area contributed by atoms with E-state index in [0.717, 1.165) is 31.9 Å². The lowest BCUT2D eigenvalue weighted by molar-refractivity contribution is -0.387. The monoisotopic (exact) mass is 381 g/mol. The minimum Gasteiger partial charge on any atom is -0.315 e. The first-order valence-electron chi connectivity index (χ1n) is 7.09. The Labute approximate surface area is 145 Å². The van der Waals surface area contributed by atoms with Gasteiger partial charge in [0.05, 0.1) is 4.92 Å². The topological polar surface area (TPSA) is 92.5 Å². The highest BCUT2D eigenvalue weighted by Gasteiger charge is 2.45. The van der Waals surface area contributed by atoms with Crippen LogP contribution < -0.4 is 5.32 Å². The van der Waals surface area contributed by atoms with E-state index in [9.17, 15) is 18.5 Å². The minimum absolute atomic E-state index is 0. The second kappa shape index (κ2) is 6.90. The van der Waals surface area contributed by atoms with Crippen molar-refractivity contribution in [1.29, 1.82) is 0 Å². The third-order valence-electron chi connectivity index (χ3n) is 4.26. The molecule has 2 aliphatic rings. The van der Waals surface area contributed by atoms with E-state index in [1.54, 1.807) is 0 Å². The molecule has 2 bridgehead atoms. The molecule has 0 radical (unpaired) electrons. The van der Waals surface area contributed by atoms with Gasteiger partial charge in [-0.2, -0.15) is 4.31 Å². The van der Waals surface area contributed by atoms with Gasteiger partial charge in [-0.3, -0.25) is 10.1 Å². The summed E-state index contributed by atoms with van der Waals surface area (Å²) in [6.07, 6.45) is 2.29. The predicted octanol–water partition coefficient (Wildman–Crippen LogP) is 2.18. The van der Waals surface area contributed by atoms with E-state index in [2.05, 4.69) is 5.32 Å². The average molecular weight is 382 g/mol. The third kappa shape index (κ3) is 3.32. The molecule has 23 heavy (non-hydrogen) atoms. The van der Waals surface area contributed by atoms with Crippen molar-refractivity contribution < 1.29 is 13.3 Å². The number of rotatable bonds is 3. The molecule has 2 heterocycles. The SMILES string of the molecule is Cl.O=[N+]([O-])c1cc(Cl)ccc1S(=O)(=O)N1C2CCNCC1CC2. The van der Waals surface area contributed by atoms with E-state index in [4.69, 9.17) is 11.6 Å². The molecule has 2 unspecified atom stereocenters. The molecule has 7 nitrogen and oxygen atoms in total. The lowest BCUT2D eigenvalue weighted by atomic mass is 10.1. The van der Waals surface area contributed by atoms with Gasteiger partial charge in [0.2, 0.25) is 10.0 Å². The highest BCUT2D eigenvalue weighted by atomic mass is 35.5. The van der Waals surface area contributed by atoms with Crippen molar-refractivity contribution in [2.75, 3.05) is 13.1 Å². The number of fused-ring (bicyclic) bond motifs is 2. The van der Waals surface area contributed by atoms with Gasteiger partial charge in [0, 0.05) is 29.7 Å². The summed E-state index contributed by atoms with van der Waals surface area (Å²) in [4.78, 5) is 10.2. The molecule has 0 spiro atoms. The fraction of sp³-hybridized carbons (Fsp3) is 0.538. The molecule has 10 heteroatoms. The highest BCUT2D eigenvalue weighted by molar-refractivity contribution is 7.89. The Balaban J connectivity index is 0.00000192. The van der Waals surface area contributed by atoms with Gasteiger partial charge in [-0.05, 0) is 37.9 Å². The Kier molecular flexibility index (Phi) is 5.52. The van der Waals surface area contributed by atoms with Crippen molar-refractivity contribution in [2.24, 2.45) is 0 Å². The molecular weight excluding hydrogens is 365 g/mol. The van der Waals surface area contributed by atoms with Crippen molar-refractivity contribution in [2.45, 2.75) is 36.2 Å². The van der Waals surface area contributed by atoms with E-state index in [-0.39, 0.29) is 34.4 Å². The molecule has 0 saturated carbocycles. The van der Waals surface area contributed by atoms with Gasteiger partial charge >= 0.3 is 0 Å². The lowest BCUT2D eigenvalue weighted by Gasteiger charge is -2.26. The van der Waals surface area contributed by atoms with Crippen LogP contribution in [0.15, 0.2) is 23.1 Å². The van der Waals surface area contributed by atoms with Crippen molar-refractivity contribution in [3.8, 4) is 0 Å². The summed E-state index contributed by atoms with van der Waals surface area (Å²) in [6, 6.07) is 3.45. The summed E-state index contributed by atoms with van der Waals surface area (Å²) in [5.41, 5.74) is -0.468. The van der Waals surface area contributed by atoms with Gasteiger partial charge in [-0.1, -0.05) is 11.6 Å². The quantitative estimate of drug-likeness (QED) is 0.639. The smallest absolute Gasteiger partial charge is 0.290 e. The van der Waals surface area contributed by atoms with E-state index >= 15 is 0 Å². The summed E-state index contributed by atoms with van der Waals surface area (Å²) in [7, 11) is -3.92. The standard InChI is InChI=1S/C13H16ClN3O4S.ClH/c14-9-1-4-13(12(7-9)17(18)19)22(20,21)16-10-2-3-11(16)8-15-6-5-10;/h1,4,7,10-11,15H,2-3,5-6,8H2;1H. The summed E-state index contributed by atoms with van der Waals surface area (Å²) in [6.45, 7) is 1.34. The molecule has 1 N–H and O–H groups in total. The van der Waals surface area contributed by atoms with Gasteiger partial charge in [0.25, 0.3) is 5.69 Å². The molecule has 1 aromatic rings. The normalized spacial score (nSPS) is 24.7. The predicted molar refractivity (Wildman–Crippen MR) is 88.7 cm³/mol. The van der Waals surface area contributed by atoms with Crippen LogP contribution in [-0.4, -0.2) is 42.8 Å². The zero-order valence-electron chi connectivity index (χ0n) is 12.1. The molecule has 2 fully saturated rings. The van der Waals surface area contributed by atoms with Crippen LogP contribution in [0.2, 0.25) is 5.02 Å². The molecular formula is C13H17Cl2N3O4S. The van der Waals surface area contributed by atoms with E-state index in [1.165, 1.54) is 16.4 Å². The second-order valence-electron chi connectivity index (χ2n) is 5.58. The van der Waals surface area contributed by atoms with Gasteiger partial charge in [-0.15, -0.1) is 12.4 Å². The molecule has 3 rings (SSSR count). The average Bonchev–Trinajstić information content (AvgIpc) is 2.72. The van der Waals surface area contributed by atoms with Crippen molar-refractivity contribution in [1.82, 2.24) is 9.62 Å². The zero-order chi connectivity index (χ0) is 15.9. The lowest BCUT2D eigenvalue weighted by Crippen LogP contribution is -2.42. The molecule has 128 valence electrons. The molecule has 0 aliphatic carbocycles. The third-order valence-corrected chi connectivity index (χ3v) is 6.55. The number of sulfonamides is 1. The number of hydrogen-bond acceptors (Lipinski definition) is 5. The van der Waals surface area contributed by atoms with Crippen LogP contribution in [0.4, 0.5) is 5.69 Å². The number of nitro benzene ring substituents is 1. The molecule has 2 aliphatic heterocycles. The Morgan fingerprint density at radius 2 is 1.96 bits per heavy atom. The van der Waals surface area contributed by atoms with Gasteiger partial charge in [-0.25, -0.2) is 8.42 Å². The first-order chi connectivity index (χ1) is 10.4. The van der Waals surface area contributed by atoms with Gasteiger partial charge < -0.3 is 5.32 Å². The first kappa shape index (κ1) is 18.4. The molecule has 0 aromatic heterocycles. The van der Waals surface area contributed by atoms with Crippen molar-refractivity contribution in [3.63, 3.8) is 0 Å². The largest absolute Gasteiger partial charge is 0.315 e. The van der Waals surface area contributed by atoms with Gasteiger partial charge in [0.15, 0.2) is 4.90 Å². The Morgan fingerprint density at radius 3 is 2.65 bits per heavy atom. The second-order valence-corrected chi connectivity index (χ2v) is 7.83. The van der Waals surface area contributed by atoms with Crippen LogP contribution in [-0.2, 0) is 10.0 Å². The van der Waals surface area contributed by atoms with Crippen LogP contribution in [0, 0.1) is 10.1 Å². The summed E-state index contributed by atoms with van der Waals surface area (Å²) in [5, 5.41) is 14.6. The maximum Gasteiger partial charge on any atom is 0.290 e. The minimum atomic E-state index is -3.92. The van der Waals surface area contributed by atoms with Crippen molar-refractivity contribution >= 4 is 39.7 Å². The molecule has 1 aromatic carbocycles. The van der Waals surface area contributed by atoms with Gasteiger partial charge in [0.1, 0.15) is 0 Å². The Morgan fingerprint density at radius 1 is 1.26 bits per heavy atom. The van der Waals surface area contributed by atoms with Crippen LogP contribution in [0.1, 0.15) is 19.3 Å². The number of benzene rings is 1. The number of nitrogens with zero attached hydrogens (tertiary/aromatic N) is 2. The van der Waals surface area contributed by atoms with E-state index < -0.39 is 20.6 Å². The fourth-order valence-corrected chi connectivity index (χ4v) is 5.50. The molecule has 0 amide bonds. The maximum atomic E-state index is 13.0. The fourth-order valence-electron chi connectivity index (χ4n) is 3.30. The van der Waals surface area contributed by atoms with Crippen LogP contribution in [0.3, 0.4) is 0 Å². The van der Waals surface area contributed by atoms with E-state index in [0.29, 0.717) is 6.54 Å². The summed E-state index contributed by atoms with van der Waals surface area (Å²) in [5.74, 6) is 0. The number of halogens is 2. The summed E-state index contributed by atoms with van der Waals surface area (Å²) >= 11 is 5.77. The number of hydrogen-bond donors (Lipinski definition) is 1. The Hall–Kier alpha value is -0.930. The number of nitro groups is 1. The van der Waals surface area contributed by atoms with Crippen LogP contribution in [0.5, 0.6) is 0 Å². The first-order valence-corrected chi connectivity index (χ1v) is 8.91. The Bertz CT molecular complexity index is 699. The molecule has 2 saturated heterocycles. The maximum absolute atomic E-state index is 13.0. The van der Waals surface area contributed by atoms with Crippen LogP contribution >= 0.6 is 24.0 Å².